The van der Waals surface area contributed by atoms with Gasteiger partial charge in [-0.05, 0) is 37.6 Å². The Labute approximate surface area is 118 Å². The summed E-state index contributed by atoms with van der Waals surface area (Å²) in [7, 11) is 0. The number of nitrogens with zero attached hydrogens (tertiary/aromatic N) is 1. The molecule has 0 aromatic heterocycles. The van der Waals surface area contributed by atoms with Gasteiger partial charge in [-0.1, -0.05) is 18.5 Å². The van der Waals surface area contributed by atoms with Gasteiger partial charge in [-0.25, -0.2) is 0 Å². The summed E-state index contributed by atoms with van der Waals surface area (Å²) < 4.78 is 0. The summed E-state index contributed by atoms with van der Waals surface area (Å²) >= 11 is 5.84. The zero-order chi connectivity index (χ0) is 13.8. The minimum atomic E-state index is 0.0147. The second-order valence-electron chi connectivity index (χ2n) is 4.89. The van der Waals surface area contributed by atoms with E-state index in [-0.39, 0.29) is 5.91 Å². The third-order valence-corrected chi connectivity index (χ3v) is 3.72. The third-order valence-electron chi connectivity index (χ3n) is 3.38. The Morgan fingerprint density at radius 2 is 2.26 bits per heavy atom. The van der Waals surface area contributed by atoms with Crippen LogP contribution in [0.5, 0.6) is 0 Å². The van der Waals surface area contributed by atoms with Gasteiger partial charge < -0.3 is 16.0 Å². The van der Waals surface area contributed by atoms with Gasteiger partial charge in [-0.3, -0.25) is 4.79 Å². The Morgan fingerprint density at radius 3 is 2.84 bits per heavy atom. The highest BCUT2D eigenvalue weighted by molar-refractivity contribution is 6.33. The summed E-state index contributed by atoms with van der Waals surface area (Å²) in [5.41, 5.74) is 6.87. The van der Waals surface area contributed by atoms with Crippen LogP contribution in [-0.4, -0.2) is 29.9 Å². The fourth-order valence-electron chi connectivity index (χ4n) is 2.13. The van der Waals surface area contributed by atoms with Crippen molar-refractivity contribution < 1.29 is 4.79 Å². The van der Waals surface area contributed by atoms with Crippen molar-refractivity contribution in [2.75, 3.05) is 24.1 Å². The second kappa shape index (κ2) is 6.26. The van der Waals surface area contributed by atoms with Crippen LogP contribution in [0.3, 0.4) is 0 Å². The second-order valence-corrected chi connectivity index (χ2v) is 5.30. The van der Waals surface area contributed by atoms with Gasteiger partial charge in [0.05, 0.1) is 10.7 Å². The van der Waals surface area contributed by atoms with Gasteiger partial charge in [-0.15, -0.1) is 0 Å². The van der Waals surface area contributed by atoms with Crippen LogP contribution in [0.2, 0.25) is 5.02 Å². The third kappa shape index (κ3) is 4.11. The Balaban J connectivity index is 1.81. The van der Waals surface area contributed by atoms with Crippen LogP contribution >= 0.6 is 11.6 Å². The molecule has 1 aromatic rings. The highest BCUT2D eigenvalue weighted by Gasteiger charge is 2.27. The number of nitrogens with one attached hydrogen (secondary N) is 1. The number of anilines is 2. The maximum absolute atomic E-state index is 11.9. The summed E-state index contributed by atoms with van der Waals surface area (Å²) in [5.74, 6) is 0.0147. The number of nitrogens with two attached hydrogens (primary N) is 1. The molecule has 1 fully saturated rings. The molecule has 4 nitrogen and oxygen atoms in total. The number of nitrogen functional groups attached to an aromatic ring is 1. The molecule has 2 rings (SSSR count). The molecule has 1 aromatic carbocycles. The number of halogens is 1. The first-order chi connectivity index (χ1) is 9.10. The SMILES string of the molecule is CCN(CCC(=O)Nc1ccc(Cl)c(N)c1)C1CC1. The number of hydrogen-bond donors (Lipinski definition) is 2. The maximum atomic E-state index is 11.9. The molecular formula is C14H20ClN3O. The zero-order valence-corrected chi connectivity index (χ0v) is 11.9. The van der Waals surface area contributed by atoms with E-state index in [9.17, 15) is 4.79 Å². The summed E-state index contributed by atoms with van der Waals surface area (Å²) in [6.45, 7) is 3.96. The lowest BCUT2D eigenvalue weighted by Crippen LogP contribution is -2.29. The highest BCUT2D eigenvalue weighted by Crippen LogP contribution is 2.26. The van der Waals surface area contributed by atoms with Crippen molar-refractivity contribution in [3.05, 3.63) is 23.2 Å². The molecule has 0 aliphatic heterocycles. The first kappa shape index (κ1) is 14.2. The molecule has 0 radical (unpaired) electrons. The Kier molecular flexibility index (Phi) is 4.66. The van der Waals surface area contributed by atoms with Crippen molar-refractivity contribution in [1.29, 1.82) is 0 Å². The van der Waals surface area contributed by atoms with Gasteiger partial charge in [0.15, 0.2) is 0 Å². The van der Waals surface area contributed by atoms with Gasteiger partial charge >= 0.3 is 0 Å². The normalized spacial score (nSPS) is 14.7. The van der Waals surface area contributed by atoms with Crippen LogP contribution < -0.4 is 11.1 Å². The number of carbonyl (C=O) groups is 1. The van der Waals surface area contributed by atoms with E-state index in [0.717, 1.165) is 13.1 Å². The van der Waals surface area contributed by atoms with E-state index in [1.165, 1.54) is 12.8 Å². The van der Waals surface area contributed by atoms with Crippen molar-refractivity contribution in [2.45, 2.75) is 32.2 Å². The molecule has 0 saturated heterocycles. The van der Waals surface area contributed by atoms with E-state index >= 15 is 0 Å². The van der Waals surface area contributed by atoms with E-state index in [4.69, 9.17) is 17.3 Å². The van der Waals surface area contributed by atoms with Gasteiger partial charge in [0.25, 0.3) is 0 Å². The molecule has 3 N–H and O–H groups in total. The number of hydrogen-bond acceptors (Lipinski definition) is 3. The average Bonchev–Trinajstić information content (AvgIpc) is 3.19. The zero-order valence-electron chi connectivity index (χ0n) is 11.2. The maximum Gasteiger partial charge on any atom is 0.225 e. The lowest BCUT2D eigenvalue weighted by Gasteiger charge is -2.19. The Morgan fingerprint density at radius 1 is 1.53 bits per heavy atom. The minimum absolute atomic E-state index is 0.0147. The predicted octanol–water partition coefficient (Wildman–Crippen LogP) is 2.74. The number of rotatable bonds is 6. The molecule has 1 aliphatic rings. The van der Waals surface area contributed by atoms with Crippen LogP contribution in [-0.2, 0) is 4.79 Å². The van der Waals surface area contributed by atoms with Gasteiger partial charge in [0.1, 0.15) is 0 Å². The fourth-order valence-corrected chi connectivity index (χ4v) is 2.25. The van der Waals surface area contributed by atoms with Crippen molar-refractivity contribution in [3.63, 3.8) is 0 Å². The summed E-state index contributed by atoms with van der Waals surface area (Å²) in [6, 6.07) is 5.83. The molecule has 104 valence electrons. The predicted molar refractivity (Wildman–Crippen MR) is 79.4 cm³/mol. The topological polar surface area (TPSA) is 58.4 Å². The molecule has 1 amide bonds. The van der Waals surface area contributed by atoms with Gasteiger partial charge in [-0.2, -0.15) is 0 Å². The smallest absolute Gasteiger partial charge is 0.225 e. The lowest BCUT2D eigenvalue weighted by atomic mass is 10.2. The molecule has 0 spiro atoms. The van der Waals surface area contributed by atoms with Crippen molar-refractivity contribution in [2.24, 2.45) is 0 Å². The molecule has 0 unspecified atom stereocenters. The van der Waals surface area contributed by atoms with Crippen LogP contribution in [0, 0.1) is 0 Å². The molecule has 0 bridgehead atoms. The standard InChI is InChI=1S/C14H20ClN3O/c1-2-18(11-4-5-11)8-7-14(19)17-10-3-6-12(15)13(16)9-10/h3,6,9,11H,2,4-5,7-8,16H2,1H3,(H,17,19). The first-order valence-corrected chi connectivity index (χ1v) is 7.07. The highest BCUT2D eigenvalue weighted by atomic mass is 35.5. The minimum Gasteiger partial charge on any atom is -0.397 e. The molecule has 1 saturated carbocycles. The van der Waals surface area contributed by atoms with E-state index in [1.54, 1.807) is 18.2 Å². The lowest BCUT2D eigenvalue weighted by molar-refractivity contribution is -0.116. The molecule has 0 atom stereocenters. The molecule has 19 heavy (non-hydrogen) atoms. The Bertz CT molecular complexity index is 460. The van der Waals surface area contributed by atoms with E-state index in [0.29, 0.717) is 28.9 Å². The largest absolute Gasteiger partial charge is 0.397 e. The van der Waals surface area contributed by atoms with Gasteiger partial charge in [0, 0.05) is 24.7 Å². The van der Waals surface area contributed by atoms with E-state index in [1.807, 2.05) is 0 Å². The molecule has 1 aliphatic carbocycles. The van der Waals surface area contributed by atoms with Crippen molar-refractivity contribution in [3.8, 4) is 0 Å². The van der Waals surface area contributed by atoms with Crippen molar-refractivity contribution in [1.82, 2.24) is 4.90 Å². The fraction of sp³-hybridized carbons (Fsp3) is 0.500. The molecular weight excluding hydrogens is 262 g/mol. The van der Waals surface area contributed by atoms with Crippen LogP contribution in [0.1, 0.15) is 26.2 Å². The van der Waals surface area contributed by atoms with Crippen LogP contribution in [0.25, 0.3) is 0 Å². The molecule has 0 heterocycles. The van der Waals surface area contributed by atoms with Crippen molar-refractivity contribution >= 4 is 28.9 Å². The average molecular weight is 282 g/mol. The monoisotopic (exact) mass is 281 g/mol. The first-order valence-electron chi connectivity index (χ1n) is 6.69. The quantitative estimate of drug-likeness (QED) is 0.788. The number of carbonyl (C=O) groups excluding carboxylic acids is 1. The summed E-state index contributed by atoms with van der Waals surface area (Å²) in [6.07, 6.45) is 3.04. The summed E-state index contributed by atoms with van der Waals surface area (Å²) in [4.78, 5) is 14.2. The van der Waals surface area contributed by atoms with E-state index in [2.05, 4.69) is 17.1 Å². The van der Waals surface area contributed by atoms with E-state index < -0.39 is 0 Å². The number of benzene rings is 1. The molecule has 5 heteroatoms. The summed E-state index contributed by atoms with van der Waals surface area (Å²) in [5, 5.41) is 3.35. The Hall–Kier alpha value is -1.26. The van der Waals surface area contributed by atoms with Crippen LogP contribution in [0.4, 0.5) is 11.4 Å². The van der Waals surface area contributed by atoms with Gasteiger partial charge in [0.2, 0.25) is 5.91 Å². The number of amides is 1. The van der Waals surface area contributed by atoms with Crippen LogP contribution in [0.15, 0.2) is 18.2 Å².